The molecule has 2 aromatic carbocycles. The molecule has 11 heteroatoms. The van der Waals surface area contributed by atoms with Crippen LogP contribution in [0.15, 0.2) is 65.7 Å². The van der Waals surface area contributed by atoms with Gasteiger partial charge < -0.3 is 14.8 Å². The molecule has 202 valence electrons. The smallest absolute Gasteiger partial charge is 0.341 e. The second-order valence-electron chi connectivity index (χ2n) is 8.47. The number of esters is 1. The van der Waals surface area contributed by atoms with Crippen molar-refractivity contribution >= 4 is 51.6 Å². The maximum Gasteiger partial charge on any atom is 0.341 e. The molecule has 0 bridgehead atoms. The summed E-state index contributed by atoms with van der Waals surface area (Å²) in [4.78, 5) is 25.5. The number of aromatic nitrogens is 3. The minimum absolute atomic E-state index is 0.0575. The minimum Gasteiger partial charge on any atom is -0.485 e. The minimum atomic E-state index is -0.539. The van der Waals surface area contributed by atoms with Crippen LogP contribution in [-0.4, -0.2) is 39.5 Å². The molecule has 0 aliphatic rings. The van der Waals surface area contributed by atoms with Gasteiger partial charge in [0.25, 0.3) is 0 Å². The first-order chi connectivity index (χ1) is 18.8. The number of hydrogen-bond acceptors (Lipinski definition) is 8. The Morgan fingerprint density at radius 1 is 1.18 bits per heavy atom. The molecule has 2 heterocycles. The van der Waals surface area contributed by atoms with Crippen molar-refractivity contribution in [2.24, 2.45) is 0 Å². The first-order valence-electron chi connectivity index (χ1n) is 11.9. The number of methoxy groups -OCH3 is 1. The van der Waals surface area contributed by atoms with Gasteiger partial charge in [-0.1, -0.05) is 53.7 Å². The number of nitrogens with zero attached hydrogens (tertiary/aromatic N) is 3. The van der Waals surface area contributed by atoms with Gasteiger partial charge in [0.1, 0.15) is 22.9 Å². The van der Waals surface area contributed by atoms with Crippen molar-refractivity contribution in [1.29, 1.82) is 0 Å². The summed E-state index contributed by atoms with van der Waals surface area (Å²) in [5.74, 6) is 0.631. The van der Waals surface area contributed by atoms with E-state index in [2.05, 4.69) is 22.1 Å². The average molecular weight is 583 g/mol. The van der Waals surface area contributed by atoms with Gasteiger partial charge in [0.2, 0.25) is 5.91 Å². The highest BCUT2D eigenvalue weighted by Crippen LogP contribution is 2.37. The van der Waals surface area contributed by atoms with Gasteiger partial charge in [-0.3, -0.25) is 9.36 Å². The highest BCUT2D eigenvalue weighted by atomic mass is 35.5. The monoisotopic (exact) mass is 582 g/mol. The number of carbonyl (C=O) groups is 2. The van der Waals surface area contributed by atoms with Crippen LogP contribution in [0, 0.1) is 13.8 Å². The normalized spacial score (nSPS) is 10.8. The van der Waals surface area contributed by atoms with Gasteiger partial charge in [-0.15, -0.1) is 28.1 Å². The number of ether oxygens (including phenoxy) is 2. The van der Waals surface area contributed by atoms with E-state index in [1.807, 2.05) is 48.7 Å². The van der Waals surface area contributed by atoms with Crippen LogP contribution >= 0.6 is 34.7 Å². The summed E-state index contributed by atoms with van der Waals surface area (Å²) >= 11 is 8.49. The van der Waals surface area contributed by atoms with E-state index in [4.69, 9.17) is 21.1 Å². The number of anilines is 1. The molecular weight excluding hydrogens is 556 g/mol. The van der Waals surface area contributed by atoms with Crippen LogP contribution in [0.4, 0.5) is 5.00 Å². The van der Waals surface area contributed by atoms with E-state index in [0.717, 1.165) is 22.4 Å². The fourth-order valence-electron chi connectivity index (χ4n) is 3.76. The number of thioether (sulfide) groups is 1. The highest BCUT2D eigenvalue weighted by Gasteiger charge is 2.23. The number of hydrogen-bond donors (Lipinski definition) is 1. The van der Waals surface area contributed by atoms with Gasteiger partial charge in [-0.25, -0.2) is 4.79 Å². The summed E-state index contributed by atoms with van der Waals surface area (Å²) in [6.07, 6.45) is 1.74. The van der Waals surface area contributed by atoms with E-state index in [-0.39, 0.29) is 18.3 Å². The lowest BCUT2D eigenvalue weighted by Gasteiger charge is -2.12. The zero-order valence-electron chi connectivity index (χ0n) is 21.7. The van der Waals surface area contributed by atoms with Crippen LogP contribution in [0.3, 0.4) is 0 Å². The molecule has 0 radical (unpaired) electrons. The van der Waals surface area contributed by atoms with Crippen LogP contribution in [-0.2, 0) is 22.7 Å². The van der Waals surface area contributed by atoms with Crippen molar-refractivity contribution in [3.05, 3.63) is 88.0 Å². The zero-order chi connectivity index (χ0) is 27.9. The number of amides is 1. The lowest BCUT2D eigenvalue weighted by molar-refractivity contribution is -0.113. The molecule has 0 unspecified atom stereocenters. The van der Waals surface area contributed by atoms with Crippen molar-refractivity contribution in [3.8, 4) is 16.9 Å². The molecule has 0 atom stereocenters. The van der Waals surface area contributed by atoms with E-state index in [9.17, 15) is 9.59 Å². The maximum absolute atomic E-state index is 12.9. The van der Waals surface area contributed by atoms with E-state index < -0.39 is 5.97 Å². The fourth-order valence-corrected chi connectivity index (χ4v) is 5.62. The maximum atomic E-state index is 12.9. The van der Waals surface area contributed by atoms with E-state index in [1.54, 1.807) is 23.6 Å². The lowest BCUT2D eigenvalue weighted by atomic mass is 10.0. The Kier molecular flexibility index (Phi) is 9.45. The van der Waals surface area contributed by atoms with Gasteiger partial charge in [-0.05, 0) is 48.7 Å². The van der Waals surface area contributed by atoms with Gasteiger partial charge >= 0.3 is 5.97 Å². The summed E-state index contributed by atoms with van der Waals surface area (Å²) < 4.78 is 12.9. The van der Waals surface area contributed by atoms with E-state index >= 15 is 0 Å². The predicted molar refractivity (Wildman–Crippen MR) is 156 cm³/mol. The molecule has 4 aromatic rings. The van der Waals surface area contributed by atoms with Crippen molar-refractivity contribution in [2.45, 2.75) is 32.2 Å². The predicted octanol–water partition coefficient (Wildman–Crippen LogP) is 6.56. The average Bonchev–Trinajstić information content (AvgIpc) is 3.52. The number of aryl methyl sites for hydroxylation is 1. The van der Waals surface area contributed by atoms with Gasteiger partial charge in [0.15, 0.2) is 11.0 Å². The number of halogens is 1. The Hall–Kier alpha value is -3.60. The molecule has 0 fully saturated rings. The fraction of sp³-hybridized carbons (Fsp3) is 0.214. The SMILES string of the molecule is C=CCn1c(COc2cccc(C)c2C)nnc1SCC(=O)Nc1scc(-c2ccc(Cl)cc2)c1C(=O)OC. The first-order valence-corrected chi connectivity index (χ1v) is 14.2. The zero-order valence-corrected chi connectivity index (χ0v) is 24.1. The Bertz CT molecular complexity index is 1500. The second kappa shape index (κ2) is 13.0. The molecule has 0 saturated heterocycles. The molecular formula is C28H27ClN4O4S2. The highest BCUT2D eigenvalue weighted by molar-refractivity contribution is 7.99. The molecule has 8 nitrogen and oxygen atoms in total. The standard InChI is InChI=1S/C28H27ClN4O4S2/c1-5-13-33-23(14-37-22-8-6-7-17(2)18(22)3)31-32-28(33)39-16-24(34)30-26-25(27(35)36-4)21(15-38-26)19-9-11-20(29)12-10-19/h5-12,15H,1,13-14,16H2,2-4H3,(H,30,34). The van der Waals surface area contributed by atoms with Crippen LogP contribution in [0.1, 0.15) is 27.3 Å². The number of rotatable bonds is 11. The van der Waals surface area contributed by atoms with Gasteiger partial charge in [0.05, 0.1) is 12.9 Å². The Balaban J connectivity index is 1.45. The van der Waals surface area contributed by atoms with Crippen molar-refractivity contribution in [1.82, 2.24) is 14.8 Å². The topological polar surface area (TPSA) is 95.3 Å². The third kappa shape index (κ3) is 6.70. The molecule has 0 aliphatic heterocycles. The number of allylic oxidation sites excluding steroid dienone is 1. The number of thiophene rings is 1. The number of benzene rings is 2. The molecule has 1 N–H and O–H groups in total. The summed E-state index contributed by atoms with van der Waals surface area (Å²) in [7, 11) is 1.31. The van der Waals surface area contributed by atoms with Gasteiger partial charge in [-0.2, -0.15) is 0 Å². The van der Waals surface area contributed by atoms with Crippen LogP contribution in [0.5, 0.6) is 5.75 Å². The summed E-state index contributed by atoms with van der Waals surface area (Å²) in [5.41, 5.74) is 3.95. The van der Waals surface area contributed by atoms with Crippen molar-refractivity contribution in [3.63, 3.8) is 0 Å². The summed E-state index contributed by atoms with van der Waals surface area (Å²) in [6.45, 7) is 8.55. The number of nitrogens with one attached hydrogen (secondary N) is 1. The molecule has 1 amide bonds. The second-order valence-corrected chi connectivity index (χ2v) is 10.7. The molecule has 0 spiro atoms. The molecule has 0 aliphatic carbocycles. The summed E-state index contributed by atoms with van der Waals surface area (Å²) in [6, 6.07) is 13.0. The molecule has 4 rings (SSSR count). The largest absolute Gasteiger partial charge is 0.485 e. The van der Waals surface area contributed by atoms with Crippen LogP contribution in [0.2, 0.25) is 5.02 Å². The third-order valence-electron chi connectivity index (χ3n) is 5.94. The van der Waals surface area contributed by atoms with Crippen molar-refractivity contribution < 1.29 is 19.1 Å². The molecule has 2 aromatic heterocycles. The first kappa shape index (κ1) is 28.4. The molecule has 39 heavy (non-hydrogen) atoms. The quantitative estimate of drug-likeness (QED) is 0.122. The summed E-state index contributed by atoms with van der Waals surface area (Å²) in [5, 5.41) is 14.7. The van der Waals surface area contributed by atoms with E-state index in [0.29, 0.717) is 38.7 Å². The number of carbonyl (C=O) groups excluding carboxylic acids is 2. The molecule has 0 saturated carbocycles. The van der Waals surface area contributed by atoms with Crippen molar-refractivity contribution in [2.75, 3.05) is 18.2 Å². The third-order valence-corrected chi connectivity index (χ3v) is 8.05. The van der Waals surface area contributed by atoms with Gasteiger partial charge in [0, 0.05) is 22.5 Å². The van der Waals surface area contributed by atoms with Crippen LogP contribution in [0.25, 0.3) is 11.1 Å². The van der Waals surface area contributed by atoms with E-state index in [1.165, 1.54) is 30.2 Å². The van der Waals surface area contributed by atoms with Crippen LogP contribution < -0.4 is 10.1 Å². The Morgan fingerprint density at radius 2 is 1.95 bits per heavy atom. The Morgan fingerprint density at radius 3 is 2.67 bits per heavy atom. The lowest BCUT2D eigenvalue weighted by Crippen LogP contribution is -2.16. The Labute approximate surface area is 240 Å².